The highest BCUT2D eigenvalue weighted by Gasteiger charge is 2.58. The molecule has 0 aromatic carbocycles. The summed E-state index contributed by atoms with van der Waals surface area (Å²) in [7, 11) is 1.09. The summed E-state index contributed by atoms with van der Waals surface area (Å²) in [5.41, 5.74) is 4.17. The highest BCUT2D eigenvalue weighted by Crippen LogP contribution is 2.38. The van der Waals surface area contributed by atoms with Crippen LogP contribution >= 0.6 is 12.4 Å². The van der Waals surface area contributed by atoms with E-state index in [0.717, 1.165) is 7.11 Å². The van der Waals surface area contributed by atoms with E-state index in [0.29, 0.717) is 0 Å². The molecule has 0 radical (unpaired) electrons. The van der Waals surface area contributed by atoms with Crippen LogP contribution in [0.15, 0.2) is 0 Å². The molecule has 1 rings (SSSR count). The largest absolute Gasteiger partial charge is 0.468 e. The van der Waals surface area contributed by atoms with Crippen LogP contribution in [-0.4, -0.2) is 43.2 Å². The molecule has 0 aromatic rings. The fourth-order valence-electron chi connectivity index (χ4n) is 1.82. The first-order valence-corrected chi connectivity index (χ1v) is 5.52. The summed E-state index contributed by atoms with van der Waals surface area (Å²) in [6, 6.07) is 0. The molecule has 0 aromatic heterocycles. The van der Waals surface area contributed by atoms with Crippen LogP contribution in [0.1, 0.15) is 12.8 Å². The Morgan fingerprint density at radius 2 is 1.76 bits per heavy atom. The fraction of sp³-hybridized carbons (Fsp3) is 0.800. The van der Waals surface area contributed by atoms with Crippen molar-refractivity contribution in [3.05, 3.63) is 0 Å². The topological polar surface area (TPSA) is 81.4 Å². The maximum atomic E-state index is 12.6. The van der Waals surface area contributed by atoms with Gasteiger partial charge in [0.15, 0.2) is 0 Å². The number of rotatable bonds is 4. The predicted octanol–water partition coefficient (Wildman–Crippen LogP) is 1.00. The maximum absolute atomic E-state index is 12.6. The molecule has 0 atom stereocenters. The van der Waals surface area contributed by atoms with E-state index in [-0.39, 0.29) is 25.2 Å². The highest BCUT2D eigenvalue weighted by molar-refractivity contribution is 5.88. The Morgan fingerprint density at radius 3 is 2.14 bits per heavy atom. The van der Waals surface area contributed by atoms with Crippen molar-refractivity contribution in [2.45, 2.75) is 30.5 Å². The summed E-state index contributed by atoms with van der Waals surface area (Å²) in [5, 5.41) is 1.51. The Labute approximate surface area is 122 Å². The summed E-state index contributed by atoms with van der Waals surface area (Å²) in [4.78, 5) is 22.6. The number of hydrogen-bond donors (Lipinski definition) is 2. The van der Waals surface area contributed by atoms with Crippen LogP contribution in [-0.2, 0) is 14.3 Å². The Kier molecular flexibility index (Phi) is 5.96. The number of amides is 1. The number of alkyl halides is 5. The number of hydrogen-bond acceptors (Lipinski definition) is 4. The van der Waals surface area contributed by atoms with E-state index in [2.05, 4.69) is 4.74 Å². The first kappa shape index (κ1) is 19.8. The van der Waals surface area contributed by atoms with Gasteiger partial charge in [0, 0.05) is 5.92 Å². The van der Waals surface area contributed by atoms with Crippen molar-refractivity contribution in [2.24, 2.45) is 11.7 Å². The van der Waals surface area contributed by atoms with Gasteiger partial charge in [0.1, 0.15) is 5.54 Å². The molecule has 0 saturated heterocycles. The number of carbonyl (C=O) groups is 2. The molecule has 3 N–H and O–H groups in total. The SMILES string of the molecule is COC(=O)C1(N)CC(C(=O)NCC(F)(F)C(F)(F)F)C1.Cl. The lowest BCUT2D eigenvalue weighted by atomic mass is 9.68. The summed E-state index contributed by atoms with van der Waals surface area (Å²) in [6.07, 6.45) is -6.06. The number of ether oxygens (including phenoxy) is 1. The van der Waals surface area contributed by atoms with Gasteiger partial charge in [0.25, 0.3) is 0 Å². The molecule has 1 fully saturated rings. The van der Waals surface area contributed by atoms with Gasteiger partial charge < -0.3 is 15.8 Å². The summed E-state index contributed by atoms with van der Waals surface area (Å²) < 4.78 is 65.1. The van der Waals surface area contributed by atoms with E-state index >= 15 is 0 Å². The minimum Gasteiger partial charge on any atom is -0.468 e. The smallest absolute Gasteiger partial charge is 0.455 e. The second-order valence-corrected chi connectivity index (χ2v) is 4.67. The molecule has 5 nitrogen and oxygen atoms in total. The van der Waals surface area contributed by atoms with Crippen molar-refractivity contribution in [1.29, 1.82) is 0 Å². The Balaban J connectivity index is 0.00000400. The molecule has 11 heteroatoms. The third-order valence-electron chi connectivity index (χ3n) is 3.08. The van der Waals surface area contributed by atoms with E-state index in [1.54, 1.807) is 0 Å². The number of nitrogens with one attached hydrogen (secondary N) is 1. The Morgan fingerprint density at radius 1 is 1.29 bits per heavy atom. The van der Waals surface area contributed by atoms with Crippen molar-refractivity contribution in [3.8, 4) is 0 Å². The minimum absolute atomic E-state index is 0. The Hall–Kier alpha value is -1.16. The fourth-order valence-corrected chi connectivity index (χ4v) is 1.82. The van der Waals surface area contributed by atoms with E-state index < -0.39 is 42.0 Å². The molecule has 21 heavy (non-hydrogen) atoms. The molecule has 1 aliphatic carbocycles. The van der Waals surface area contributed by atoms with E-state index in [1.165, 1.54) is 5.32 Å². The summed E-state index contributed by atoms with van der Waals surface area (Å²) in [6.45, 7) is -1.85. The van der Waals surface area contributed by atoms with Crippen LogP contribution in [0.4, 0.5) is 22.0 Å². The monoisotopic (exact) mass is 340 g/mol. The van der Waals surface area contributed by atoms with Crippen molar-refractivity contribution < 1.29 is 36.3 Å². The second kappa shape index (κ2) is 6.30. The summed E-state index contributed by atoms with van der Waals surface area (Å²) in [5.74, 6) is -7.65. The standard InChI is InChI=1S/C10H13F5N2O3.ClH/c1-20-7(19)8(16)2-5(3-8)6(18)17-4-9(11,12)10(13,14)15;/h5H,2-4,16H2,1H3,(H,17,18);1H. The Bertz CT molecular complexity index is 410. The average Bonchev–Trinajstić information content (AvgIpc) is 2.29. The molecule has 1 aliphatic rings. The zero-order valence-electron chi connectivity index (χ0n) is 10.8. The van der Waals surface area contributed by atoms with Gasteiger partial charge in [-0.2, -0.15) is 22.0 Å². The number of nitrogens with two attached hydrogens (primary N) is 1. The molecule has 0 aliphatic heterocycles. The first-order valence-electron chi connectivity index (χ1n) is 5.52. The minimum atomic E-state index is -5.73. The lowest BCUT2D eigenvalue weighted by molar-refractivity contribution is -0.278. The van der Waals surface area contributed by atoms with Crippen LogP contribution in [0.2, 0.25) is 0 Å². The normalized spacial score (nSPS) is 25.4. The van der Waals surface area contributed by atoms with Crippen molar-refractivity contribution in [1.82, 2.24) is 5.32 Å². The zero-order chi connectivity index (χ0) is 15.8. The number of esters is 1. The summed E-state index contributed by atoms with van der Waals surface area (Å²) >= 11 is 0. The van der Waals surface area contributed by atoms with Gasteiger partial charge in [0.2, 0.25) is 5.91 Å². The molecule has 0 unspecified atom stereocenters. The predicted molar refractivity (Wildman–Crippen MR) is 62.9 cm³/mol. The molecular weight excluding hydrogens is 327 g/mol. The number of carbonyl (C=O) groups excluding carboxylic acids is 2. The van der Waals surface area contributed by atoms with Crippen LogP contribution in [0.3, 0.4) is 0 Å². The number of halogens is 6. The van der Waals surface area contributed by atoms with Gasteiger partial charge in [-0.15, -0.1) is 12.4 Å². The molecule has 0 bridgehead atoms. The van der Waals surface area contributed by atoms with E-state index in [4.69, 9.17) is 5.73 Å². The third-order valence-corrected chi connectivity index (χ3v) is 3.08. The second-order valence-electron chi connectivity index (χ2n) is 4.67. The number of methoxy groups -OCH3 is 1. The molecule has 1 saturated carbocycles. The third kappa shape index (κ3) is 4.16. The van der Waals surface area contributed by atoms with Crippen LogP contribution in [0.25, 0.3) is 0 Å². The molecule has 0 heterocycles. The van der Waals surface area contributed by atoms with Gasteiger partial charge >= 0.3 is 18.1 Å². The van der Waals surface area contributed by atoms with Crippen LogP contribution < -0.4 is 11.1 Å². The van der Waals surface area contributed by atoms with Gasteiger partial charge in [-0.1, -0.05) is 0 Å². The molecule has 124 valence electrons. The zero-order valence-corrected chi connectivity index (χ0v) is 11.6. The van der Waals surface area contributed by atoms with Gasteiger partial charge in [-0.3, -0.25) is 9.59 Å². The average molecular weight is 341 g/mol. The lowest BCUT2D eigenvalue weighted by Gasteiger charge is -2.41. The van der Waals surface area contributed by atoms with Crippen LogP contribution in [0.5, 0.6) is 0 Å². The quantitative estimate of drug-likeness (QED) is 0.591. The van der Waals surface area contributed by atoms with Gasteiger partial charge in [-0.25, -0.2) is 0 Å². The van der Waals surface area contributed by atoms with E-state index in [1.807, 2.05) is 0 Å². The molecular formula is C10H14ClF5N2O3. The van der Waals surface area contributed by atoms with Gasteiger partial charge in [-0.05, 0) is 12.8 Å². The van der Waals surface area contributed by atoms with Gasteiger partial charge in [0.05, 0.1) is 13.7 Å². The first-order chi connectivity index (χ1) is 8.93. The molecule has 1 amide bonds. The highest BCUT2D eigenvalue weighted by atomic mass is 35.5. The van der Waals surface area contributed by atoms with Crippen molar-refractivity contribution in [2.75, 3.05) is 13.7 Å². The maximum Gasteiger partial charge on any atom is 0.455 e. The van der Waals surface area contributed by atoms with E-state index in [9.17, 15) is 31.5 Å². The van der Waals surface area contributed by atoms with Crippen molar-refractivity contribution in [3.63, 3.8) is 0 Å². The molecule has 0 spiro atoms. The van der Waals surface area contributed by atoms with Crippen LogP contribution in [0, 0.1) is 5.92 Å². The lowest BCUT2D eigenvalue weighted by Crippen LogP contribution is -2.62. The van der Waals surface area contributed by atoms with Crippen molar-refractivity contribution >= 4 is 24.3 Å².